The third-order valence-electron chi connectivity index (χ3n) is 5.70. The lowest BCUT2D eigenvalue weighted by Crippen LogP contribution is -2.32. The van der Waals surface area contributed by atoms with Crippen LogP contribution in [0.25, 0.3) is 5.69 Å². The molecule has 1 saturated heterocycles. The largest absolute Gasteiger partial charge is 0.341 e. The number of carbonyl (C=O) groups excluding carboxylic acids is 1. The van der Waals surface area contributed by atoms with Crippen LogP contribution in [-0.4, -0.2) is 49.3 Å². The van der Waals surface area contributed by atoms with Crippen molar-refractivity contribution in [2.45, 2.75) is 50.2 Å². The van der Waals surface area contributed by atoms with Crippen LogP contribution in [0.2, 0.25) is 0 Å². The number of rotatable bonds is 7. The van der Waals surface area contributed by atoms with E-state index in [1.165, 1.54) is 43.2 Å². The highest BCUT2D eigenvalue weighted by Gasteiger charge is 2.32. The summed E-state index contributed by atoms with van der Waals surface area (Å²) in [5, 5.41) is 17.0. The Hall–Kier alpha value is -2.88. The van der Waals surface area contributed by atoms with Gasteiger partial charge < -0.3 is 10.2 Å². The standard InChI is InChI=1S/C22H26FN7OS/c1-15-13-19(30(27-15)18-7-5-16(23)6-8-18)24-20(31)14-32-22-26-25-21(29(22)17-9-10-17)28-11-3-2-4-12-28/h5-8,13,17H,2-4,9-12,14H2,1H3,(H,24,31). The third kappa shape index (κ3) is 4.50. The average molecular weight is 456 g/mol. The topological polar surface area (TPSA) is 80.9 Å². The Morgan fingerprint density at radius 2 is 1.91 bits per heavy atom. The predicted molar refractivity (Wildman–Crippen MR) is 122 cm³/mol. The first-order chi connectivity index (χ1) is 15.6. The Kier molecular flexibility index (Phi) is 5.86. The van der Waals surface area contributed by atoms with E-state index in [2.05, 4.69) is 30.1 Å². The van der Waals surface area contributed by atoms with Crippen molar-refractivity contribution >= 4 is 29.4 Å². The fourth-order valence-electron chi connectivity index (χ4n) is 4.01. The summed E-state index contributed by atoms with van der Waals surface area (Å²) >= 11 is 1.41. The Morgan fingerprint density at radius 3 is 2.62 bits per heavy atom. The number of amides is 1. The van der Waals surface area contributed by atoms with Gasteiger partial charge in [-0.25, -0.2) is 9.07 Å². The molecular formula is C22H26FN7OS. The van der Waals surface area contributed by atoms with E-state index in [9.17, 15) is 9.18 Å². The lowest BCUT2D eigenvalue weighted by molar-refractivity contribution is -0.113. The number of thioether (sulfide) groups is 1. The highest BCUT2D eigenvalue weighted by Crippen LogP contribution is 2.41. The summed E-state index contributed by atoms with van der Waals surface area (Å²) in [5.41, 5.74) is 1.44. The maximum absolute atomic E-state index is 13.3. The molecule has 1 N–H and O–H groups in total. The Labute approximate surface area is 190 Å². The van der Waals surface area contributed by atoms with Crippen LogP contribution in [0.4, 0.5) is 16.2 Å². The molecule has 1 aromatic carbocycles. The van der Waals surface area contributed by atoms with Crippen molar-refractivity contribution in [1.82, 2.24) is 24.5 Å². The van der Waals surface area contributed by atoms with Crippen molar-refractivity contribution in [3.63, 3.8) is 0 Å². The first kappa shape index (κ1) is 21.0. The van der Waals surface area contributed by atoms with Gasteiger partial charge in [-0.05, 0) is 63.3 Å². The number of piperidine rings is 1. The Morgan fingerprint density at radius 1 is 1.16 bits per heavy atom. The number of nitrogens with one attached hydrogen (secondary N) is 1. The molecule has 0 unspecified atom stereocenters. The van der Waals surface area contributed by atoms with Crippen molar-refractivity contribution in [3.8, 4) is 5.69 Å². The minimum Gasteiger partial charge on any atom is -0.341 e. The molecular weight excluding hydrogens is 429 g/mol. The van der Waals surface area contributed by atoms with Gasteiger partial charge in [0, 0.05) is 25.2 Å². The molecule has 0 spiro atoms. The normalized spacial score (nSPS) is 16.4. The van der Waals surface area contributed by atoms with Gasteiger partial charge in [-0.3, -0.25) is 9.36 Å². The molecule has 5 rings (SSSR count). The van der Waals surface area contributed by atoms with Gasteiger partial charge in [0.2, 0.25) is 11.9 Å². The van der Waals surface area contributed by atoms with E-state index >= 15 is 0 Å². The molecule has 0 radical (unpaired) electrons. The van der Waals surface area contributed by atoms with Crippen molar-refractivity contribution in [1.29, 1.82) is 0 Å². The maximum atomic E-state index is 13.3. The molecule has 2 fully saturated rings. The SMILES string of the molecule is Cc1cc(NC(=O)CSc2nnc(N3CCCCC3)n2C2CC2)n(-c2ccc(F)cc2)n1. The number of hydrogen-bond acceptors (Lipinski definition) is 6. The molecule has 8 nitrogen and oxygen atoms in total. The number of carbonyl (C=O) groups is 1. The van der Waals surface area contributed by atoms with E-state index in [1.807, 2.05) is 6.92 Å². The highest BCUT2D eigenvalue weighted by atomic mass is 32.2. The van der Waals surface area contributed by atoms with Gasteiger partial charge in [0.05, 0.1) is 17.1 Å². The minimum absolute atomic E-state index is 0.150. The van der Waals surface area contributed by atoms with E-state index in [-0.39, 0.29) is 17.5 Å². The Bertz CT molecular complexity index is 1100. The van der Waals surface area contributed by atoms with Crippen LogP contribution < -0.4 is 10.2 Å². The summed E-state index contributed by atoms with van der Waals surface area (Å²) in [7, 11) is 0. The van der Waals surface area contributed by atoms with Gasteiger partial charge in [-0.1, -0.05) is 11.8 Å². The number of benzene rings is 1. The lowest BCUT2D eigenvalue weighted by atomic mass is 10.1. The van der Waals surface area contributed by atoms with Crippen LogP contribution in [-0.2, 0) is 4.79 Å². The van der Waals surface area contributed by atoms with Crippen molar-refractivity contribution in [3.05, 3.63) is 41.8 Å². The molecule has 1 saturated carbocycles. The Balaban J connectivity index is 1.27. The van der Waals surface area contributed by atoms with Crippen LogP contribution in [0.15, 0.2) is 35.5 Å². The third-order valence-corrected chi connectivity index (χ3v) is 6.64. The first-order valence-corrected chi connectivity index (χ1v) is 12.0. The van der Waals surface area contributed by atoms with Crippen LogP contribution in [0.3, 0.4) is 0 Å². The van der Waals surface area contributed by atoms with Gasteiger partial charge in [0.25, 0.3) is 0 Å². The molecule has 1 aliphatic carbocycles. The fraction of sp³-hybridized carbons (Fsp3) is 0.455. The highest BCUT2D eigenvalue weighted by molar-refractivity contribution is 7.99. The number of halogens is 1. The van der Waals surface area contributed by atoms with E-state index in [0.29, 0.717) is 17.5 Å². The molecule has 0 bridgehead atoms. The number of hydrogen-bond donors (Lipinski definition) is 1. The smallest absolute Gasteiger partial charge is 0.236 e. The van der Waals surface area contributed by atoms with E-state index in [4.69, 9.17) is 0 Å². The second kappa shape index (κ2) is 8.93. The van der Waals surface area contributed by atoms with Gasteiger partial charge >= 0.3 is 0 Å². The summed E-state index contributed by atoms with van der Waals surface area (Å²) < 4.78 is 17.1. The zero-order chi connectivity index (χ0) is 22.1. The predicted octanol–water partition coefficient (Wildman–Crippen LogP) is 3.97. The zero-order valence-electron chi connectivity index (χ0n) is 18.0. The van der Waals surface area contributed by atoms with Crippen LogP contribution in [0.5, 0.6) is 0 Å². The summed E-state index contributed by atoms with van der Waals surface area (Å²) in [6, 6.07) is 8.25. The van der Waals surface area contributed by atoms with Crippen LogP contribution >= 0.6 is 11.8 Å². The molecule has 0 atom stereocenters. The number of anilines is 2. The fourth-order valence-corrected chi connectivity index (χ4v) is 4.81. The van der Waals surface area contributed by atoms with Gasteiger partial charge in [0.15, 0.2) is 5.16 Å². The van der Waals surface area contributed by atoms with Crippen LogP contribution in [0, 0.1) is 12.7 Å². The molecule has 2 aliphatic rings. The lowest BCUT2D eigenvalue weighted by Gasteiger charge is -2.27. The summed E-state index contributed by atoms with van der Waals surface area (Å²) in [6.07, 6.45) is 5.90. The van der Waals surface area contributed by atoms with E-state index in [1.54, 1.807) is 22.9 Å². The number of aromatic nitrogens is 5. The van der Waals surface area contributed by atoms with E-state index < -0.39 is 0 Å². The second-order valence-electron chi connectivity index (χ2n) is 8.33. The quantitative estimate of drug-likeness (QED) is 0.543. The van der Waals surface area contributed by atoms with Crippen molar-refractivity contribution < 1.29 is 9.18 Å². The van der Waals surface area contributed by atoms with Crippen LogP contribution in [0.1, 0.15) is 43.8 Å². The zero-order valence-corrected chi connectivity index (χ0v) is 18.8. The van der Waals surface area contributed by atoms with E-state index in [0.717, 1.165) is 42.7 Å². The molecule has 168 valence electrons. The molecule has 3 aromatic rings. The van der Waals surface area contributed by atoms with Crippen molar-refractivity contribution in [2.75, 3.05) is 29.1 Å². The maximum Gasteiger partial charge on any atom is 0.236 e. The minimum atomic E-state index is -0.316. The molecule has 3 heterocycles. The molecule has 32 heavy (non-hydrogen) atoms. The monoisotopic (exact) mass is 455 g/mol. The van der Waals surface area contributed by atoms with Crippen molar-refractivity contribution in [2.24, 2.45) is 0 Å². The number of aryl methyl sites for hydroxylation is 1. The molecule has 1 amide bonds. The summed E-state index contributed by atoms with van der Waals surface area (Å²) in [6.45, 7) is 3.89. The molecule has 2 aromatic heterocycles. The molecule has 1 aliphatic heterocycles. The second-order valence-corrected chi connectivity index (χ2v) is 9.27. The summed E-state index contributed by atoms with van der Waals surface area (Å²) in [4.78, 5) is 15.1. The van der Waals surface area contributed by atoms with Gasteiger partial charge in [-0.15, -0.1) is 10.2 Å². The average Bonchev–Trinajstić information content (AvgIpc) is 3.45. The van der Waals surface area contributed by atoms with Gasteiger partial charge in [-0.2, -0.15) is 5.10 Å². The first-order valence-electron chi connectivity index (χ1n) is 11.0. The number of nitrogens with zero attached hydrogens (tertiary/aromatic N) is 6. The summed E-state index contributed by atoms with van der Waals surface area (Å²) in [5.74, 6) is 1.25. The van der Waals surface area contributed by atoms with Gasteiger partial charge in [0.1, 0.15) is 11.6 Å². The molecule has 10 heteroatoms.